The molecule has 2 rings (SSSR count). The van der Waals surface area contributed by atoms with E-state index >= 15 is 0 Å². The highest BCUT2D eigenvalue weighted by molar-refractivity contribution is 4.82. The fourth-order valence-electron chi connectivity index (χ4n) is 2.91. The zero-order valence-electron chi connectivity index (χ0n) is 9.25. The van der Waals surface area contributed by atoms with E-state index in [1.165, 1.54) is 58.0 Å². The Bertz CT molecular complexity index is 160. The molecular weight excluding hydrogens is 172 g/mol. The van der Waals surface area contributed by atoms with Crippen LogP contribution in [0.3, 0.4) is 0 Å². The molecule has 1 unspecified atom stereocenters. The monoisotopic (exact) mass is 196 g/mol. The maximum atomic E-state index is 5.86. The molecule has 2 heteroatoms. The molecule has 1 atom stereocenters. The van der Waals surface area contributed by atoms with Crippen LogP contribution in [0.2, 0.25) is 0 Å². The van der Waals surface area contributed by atoms with E-state index in [1.54, 1.807) is 0 Å². The van der Waals surface area contributed by atoms with Gasteiger partial charge in [-0.15, -0.1) is 0 Å². The number of nitrogens with two attached hydrogens (primary N) is 1. The molecule has 1 saturated carbocycles. The third-order valence-corrected chi connectivity index (χ3v) is 4.01. The van der Waals surface area contributed by atoms with Crippen LogP contribution < -0.4 is 5.73 Å². The molecule has 2 nitrogen and oxygen atoms in total. The van der Waals surface area contributed by atoms with Crippen molar-refractivity contribution in [3.8, 4) is 0 Å². The molecule has 0 aromatic rings. The summed E-state index contributed by atoms with van der Waals surface area (Å²) in [6, 6.07) is 0.701. The van der Waals surface area contributed by atoms with Crippen LogP contribution in [0.5, 0.6) is 0 Å². The van der Waals surface area contributed by atoms with Gasteiger partial charge in [-0.2, -0.15) is 0 Å². The van der Waals surface area contributed by atoms with Gasteiger partial charge in [-0.25, -0.2) is 0 Å². The standard InChI is InChI=1S/C12H24N2/c13-10-12(14-7-4-8-14)9-11-5-2-1-3-6-11/h11-12H,1-10,13H2. The third-order valence-electron chi connectivity index (χ3n) is 4.01. The zero-order chi connectivity index (χ0) is 9.80. The summed E-state index contributed by atoms with van der Waals surface area (Å²) in [5.41, 5.74) is 5.86. The van der Waals surface area contributed by atoms with Gasteiger partial charge >= 0.3 is 0 Å². The molecule has 14 heavy (non-hydrogen) atoms. The Labute approximate surface area is 87.8 Å². The van der Waals surface area contributed by atoms with Gasteiger partial charge in [0, 0.05) is 12.6 Å². The first kappa shape index (κ1) is 10.4. The van der Waals surface area contributed by atoms with Crippen LogP contribution in [-0.2, 0) is 0 Å². The minimum Gasteiger partial charge on any atom is -0.329 e. The van der Waals surface area contributed by atoms with Crippen molar-refractivity contribution in [2.45, 2.75) is 51.0 Å². The van der Waals surface area contributed by atoms with Crippen LogP contribution in [-0.4, -0.2) is 30.6 Å². The number of likely N-dealkylation sites (tertiary alicyclic amines) is 1. The van der Waals surface area contributed by atoms with Gasteiger partial charge < -0.3 is 5.73 Å². The number of hydrogen-bond acceptors (Lipinski definition) is 2. The van der Waals surface area contributed by atoms with Crippen molar-refractivity contribution in [1.29, 1.82) is 0 Å². The molecule has 0 aromatic carbocycles. The van der Waals surface area contributed by atoms with Crippen LogP contribution in [0.1, 0.15) is 44.9 Å². The predicted molar refractivity (Wildman–Crippen MR) is 60.2 cm³/mol. The van der Waals surface area contributed by atoms with Crippen LogP contribution in [0.4, 0.5) is 0 Å². The van der Waals surface area contributed by atoms with E-state index < -0.39 is 0 Å². The first-order valence-corrected chi connectivity index (χ1v) is 6.34. The summed E-state index contributed by atoms with van der Waals surface area (Å²) in [6.45, 7) is 3.47. The first-order chi connectivity index (χ1) is 6.90. The Morgan fingerprint density at radius 3 is 2.29 bits per heavy atom. The van der Waals surface area contributed by atoms with Gasteiger partial charge in [-0.05, 0) is 31.8 Å². The maximum Gasteiger partial charge on any atom is 0.0221 e. The lowest BCUT2D eigenvalue weighted by atomic mass is 9.84. The predicted octanol–water partition coefficient (Wildman–Crippen LogP) is 1.99. The zero-order valence-corrected chi connectivity index (χ0v) is 9.25. The lowest BCUT2D eigenvalue weighted by molar-refractivity contribution is 0.0977. The highest BCUT2D eigenvalue weighted by Crippen LogP contribution is 2.29. The van der Waals surface area contributed by atoms with Crippen molar-refractivity contribution in [3.05, 3.63) is 0 Å². The SMILES string of the molecule is NCC(CC1CCCCC1)N1CCC1. The van der Waals surface area contributed by atoms with Crippen LogP contribution in [0, 0.1) is 5.92 Å². The molecule has 1 aliphatic carbocycles. The van der Waals surface area contributed by atoms with E-state index in [9.17, 15) is 0 Å². The van der Waals surface area contributed by atoms with Crippen LogP contribution in [0.15, 0.2) is 0 Å². The molecule has 2 aliphatic rings. The molecule has 2 N–H and O–H groups in total. The maximum absolute atomic E-state index is 5.86. The van der Waals surface area contributed by atoms with Crippen LogP contribution in [0.25, 0.3) is 0 Å². The van der Waals surface area contributed by atoms with E-state index in [-0.39, 0.29) is 0 Å². The highest BCUT2D eigenvalue weighted by atomic mass is 15.2. The summed E-state index contributed by atoms with van der Waals surface area (Å²) in [5.74, 6) is 0.984. The minimum absolute atomic E-state index is 0.701. The molecule has 2 fully saturated rings. The smallest absolute Gasteiger partial charge is 0.0221 e. The van der Waals surface area contributed by atoms with Crippen molar-refractivity contribution in [2.24, 2.45) is 11.7 Å². The molecule has 1 heterocycles. The Morgan fingerprint density at radius 2 is 1.79 bits per heavy atom. The molecular formula is C12H24N2. The number of nitrogens with zero attached hydrogens (tertiary/aromatic N) is 1. The summed E-state index contributed by atoms with van der Waals surface area (Å²) >= 11 is 0. The molecule has 1 aliphatic heterocycles. The second-order valence-electron chi connectivity index (χ2n) is 5.02. The van der Waals surface area contributed by atoms with Crippen molar-refractivity contribution < 1.29 is 0 Å². The van der Waals surface area contributed by atoms with E-state index in [2.05, 4.69) is 4.90 Å². The van der Waals surface area contributed by atoms with Gasteiger partial charge in [-0.1, -0.05) is 32.1 Å². The van der Waals surface area contributed by atoms with Crippen molar-refractivity contribution in [1.82, 2.24) is 4.90 Å². The lowest BCUT2D eigenvalue weighted by Crippen LogP contribution is -2.49. The summed E-state index contributed by atoms with van der Waals surface area (Å²) in [6.07, 6.45) is 10.1. The van der Waals surface area contributed by atoms with Gasteiger partial charge in [0.2, 0.25) is 0 Å². The fraction of sp³-hybridized carbons (Fsp3) is 1.00. The summed E-state index contributed by atoms with van der Waals surface area (Å²) in [5, 5.41) is 0. The fourth-order valence-corrected chi connectivity index (χ4v) is 2.91. The summed E-state index contributed by atoms with van der Waals surface area (Å²) < 4.78 is 0. The molecule has 0 aromatic heterocycles. The molecule has 1 saturated heterocycles. The number of rotatable bonds is 4. The van der Waals surface area contributed by atoms with Crippen molar-refractivity contribution in [3.63, 3.8) is 0 Å². The Kier molecular flexibility index (Phi) is 3.82. The second-order valence-corrected chi connectivity index (χ2v) is 5.02. The van der Waals surface area contributed by atoms with Gasteiger partial charge in [0.25, 0.3) is 0 Å². The van der Waals surface area contributed by atoms with Gasteiger partial charge in [0.1, 0.15) is 0 Å². The van der Waals surface area contributed by atoms with Crippen molar-refractivity contribution >= 4 is 0 Å². The average molecular weight is 196 g/mol. The van der Waals surface area contributed by atoms with E-state index in [4.69, 9.17) is 5.73 Å². The second kappa shape index (κ2) is 5.13. The van der Waals surface area contributed by atoms with Gasteiger partial charge in [0.05, 0.1) is 0 Å². The lowest BCUT2D eigenvalue weighted by Gasteiger charge is -2.40. The topological polar surface area (TPSA) is 29.3 Å². The van der Waals surface area contributed by atoms with Gasteiger partial charge in [-0.3, -0.25) is 4.90 Å². The van der Waals surface area contributed by atoms with E-state index in [0.29, 0.717) is 6.04 Å². The summed E-state index contributed by atoms with van der Waals surface area (Å²) in [7, 11) is 0. The Balaban J connectivity index is 1.74. The summed E-state index contributed by atoms with van der Waals surface area (Å²) in [4.78, 5) is 2.58. The molecule has 0 bridgehead atoms. The van der Waals surface area contributed by atoms with Crippen molar-refractivity contribution in [2.75, 3.05) is 19.6 Å². The first-order valence-electron chi connectivity index (χ1n) is 6.34. The Hall–Kier alpha value is -0.0800. The highest BCUT2D eigenvalue weighted by Gasteiger charge is 2.26. The minimum atomic E-state index is 0.701. The third kappa shape index (κ3) is 2.48. The van der Waals surface area contributed by atoms with E-state index in [0.717, 1.165) is 12.5 Å². The van der Waals surface area contributed by atoms with Gasteiger partial charge in [0.15, 0.2) is 0 Å². The largest absolute Gasteiger partial charge is 0.329 e. The molecule has 82 valence electrons. The molecule has 0 amide bonds. The Morgan fingerprint density at radius 1 is 1.07 bits per heavy atom. The average Bonchev–Trinajstić information content (AvgIpc) is 2.15. The van der Waals surface area contributed by atoms with E-state index in [1.807, 2.05) is 0 Å². The quantitative estimate of drug-likeness (QED) is 0.745. The van der Waals surface area contributed by atoms with Crippen LogP contribution >= 0.6 is 0 Å². The molecule has 0 radical (unpaired) electrons. The molecule has 0 spiro atoms. The number of hydrogen-bond donors (Lipinski definition) is 1. The normalized spacial score (nSPS) is 27.2.